The van der Waals surface area contributed by atoms with Gasteiger partial charge >= 0.3 is 5.97 Å². The average Bonchev–Trinajstić information content (AvgIpc) is 3.08. The number of amidine groups is 1. The first kappa shape index (κ1) is 23.5. The highest BCUT2D eigenvalue weighted by atomic mass is 32.2. The molecule has 168 valence electrons. The van der Waals surface area contributed by atoms with E-state index in [4.69, 9.17) is 4.74 Å². The topological polar surface area (TPSA) is 88.1 Å². The van der Waals surface area contributed by atoms with Crippen molar-refractivity contribution >= 4 is 46.1 Å². The molecule has 2 aromatic carbocycles. The van der Waals surface area contributed by atoms with E-state index in [1.165, 1.54) is 17.3 Å². The number of nitrogens with one attached hydrogen (secondary N) is 1. The number of aliphatic imine (C=N–C) groups is 1. The number of ether oxygens (including phenoxy) is 1. The summed E-state index contributed by atoms with van der Waals surface area (Å²) in [5.41, 5.74) is 2.97. The molecule has 2 aromatic rings. The molecule has 1 aliphatic rings. The normalized spacial score (nSPS) is 17.0. The average molecular weight is 454 g/mol. The van der Waals surface area contributed by atoms with Gasteiger partial charge in [-0.25, -0.2) is 9.79 Å². The molecular weight excluding hydrogens is 426 g/mol. The van der Waals surface area contributed by atoms with Gasteiger partial charge in [0.25, 0.3) is 0 Å². The number of nitrogens with zero attached hydrogens (tertiary/aromatic N) is 2. The zero-order valence-electron chi connectivity index (χ0n) is 18.5. The van der Waals surface area contributed by atoms with Gasteiger partial charge in [-0.1, -0.05) is 30.8 Å². The number of rotatable bonds is 8. The summed E-state index contributed by atoms with van der Waals surface area (Å²) in [6.07, 6.45) is 0.998. The molecule has 1 unspecified atom stereocenters. The lowest BCUT2D eigenvalue weighted by Crippen LogP contribution is -2.33. The fourth-order valence-corrected chi connectivity index (χ4v) is 4.44. The first-order valence-corrected chi connectivity index (χ1v) is 11.6. The number of anilines is 1. The van der Waals surface area contributed by atoms with Crippen LogP contribution >= 0.6 is 11.8 Å². The summed E-state index contributed by atoms with van der Waals surface area (Å²) < 4.78 is 4.99. The third-order valence-electron chi connectivity index (χ3n) is 4.96. The number of aryl methyl sites for hydroxylation is 1. The zero-order chi connectivity index (χ0) is 23.1. The van der Waals surface area contributed by atoms with Gasteiger partial charge in [-0.05, 0) is 62.2 Å². The first-order valence-electron chi connectivity index (χ1n) is 10.7. The summed E-state index contributed by atoms with van der Waals surface area (Å²) in [6, 6.07) is 14.4. The van der Waals surface area contributed by atoms with Gasteiger partial charge in [0, 0.05) is 18.7 Å². The Kier molecular flexibility index (Phi) is 8.05. The van der Waals surface area contributed by atoms with Crippen molar-refractivity contribution in [1.82, 2.24) is 4.90 Å². The largest absolute Gasteiger partial charge is 0.462 e. The molecule has 32 heavy (non-hydrogen) atoms. The fraction of sp³-hybridized carbons (Fsp3) is 0.333. The summed E-state index contributed by atoms with van der Waals surface area (Å²) in [6.45, 7) is 6.47. The van der Waals surface area contributed by atoms with Crippen LogP contribution in [0.5, 0.6) is 0 Å². The van der Waals surface area contributed by atoms with Gasteiger partial charge in [0.1, 0.15) is 5.25 Å². The second-order valence-electron chi connectivity index (χ2n) is 7.15. The minimum absolute atomic E-state index is 0.0658. The van der Waals surface area contributed by atoms with Crippen LogP contribution < -0.4 is 5.32 Å². The number of amides is 2. The highest BCUT2D eigenvalue weighted by Gasteiger charge is 2.38. The minimum atomic E-state index is -0.526. The van der Waals surface area contributed by atoms with Crippen molar-refractivity contribution in [2.75, 3.05) is 18.5 Å². The Hall–Kier alpha value is -3.13. The monoisotopic (exact) mass is 453 g/mol. The smallest absolute Gasteiger partial charge is 0.338 e. The number of carbonyl (C=O) groups excluding carboxylic acids is 3. The van der Waals surface area contributed by atoms with E-state index in [-0.39, 0.29) is 24.2 Å². The van der Waals surface area contributed by atoms with Crippen LogP contribution in [0.1, 0.15) is 43.1 Å². The molecule has 0 aromatic heterocycles. The van der Waals surface area contributed by atoms with E-state index >= 15 is 0 Å². The SMILES string of the molecule is CCOC(=O)c1ccc(N=C2SC(CC(=O)Nc3ccc(CC)cc3)C(=O)N2CC)cc1. The molecule has 7 nitrogen and oxygen atoms in total. The third kappa shape index (κ3) is 5.76. The molecule has 0 bridgehead atoms. The van der Waals surface area contributed by atoms with Crippen LogP contribution in [0.15, 0.2) is 53.5 Å². The summed E-state index contributed by atoms with van der Waals surface area (Å²) in [7, 11) is 0. The number of hydrogen-bond acceptors (Lipinski definition) is 6. The van der Waals surface area contributed by atoms with Crippen LogP contribution in [0.4, 0.5) is 11.4 Å². The lowest BCUT2D eigenvalue weighted by molar-refractivity contribution is -0.128. The van der Waals surface area contributed by atoms with Gasteiger partial charge < -0.3 is 10.1 Å². The summed E-state index contributed by atoms with van der Waals surface area (Å²) in [5, 5.41) is 2.88. The van der Waals surface area contributed by atoms with Crippen molar-refractivity contribution in [2.45, 2.75) is 38.9 Å². The van der Waals surface area contributed by atoms with E-state index in [0.717, 1.165) is 6.42 Å². The standard InChI is InChI=1S/C24H27N3O4S/c1-4-16-7-11-18(12-8-16)25-21(28)15-20-22(29)27(5-2)24(32-20)26-19-13-9-17(10-14-19)23(30)31-6-3/h7-14,20H,4-6,15H2,1-3H3,(H,25,28). The molecule has 3 rings (SSSR count). The maximum absolute atomic E-state index is 12.8. The van der Waals surface area contributed by atoms with Gasteiger partial charge in [-0.2, -0.15) is 0 Å². The maximum atomic E-state index is 12.8. The molecule has 1 aliphatic heterocycles. The van der Waals surface area contributed by atoms with Crippen molar-refractivity contribution in [3.8, 4) is 0 Å². The molecule has 1 fully saturated rings. The molecular formula is C24H27N3O4S. The van der Waals surface area contributed by atoms with Gasteiger partial charge in [-0.15, -0.1) is 0 Å². The number of esters is 1. The Labute approximate surface area is 192 Å². The molecule has 2 amide bonds. The number of hydrogen-bond donors (Lipinski definition) is 1. The Morgan fingerprint density at radius 2 is 1.75 bits per heavy atom. The molecule has 1 heterocycles. The molecule has 8 heteroatoms. The highest BCUT2D eigenvalue weighted by Crippen LogP contribution is 2.31. The van der Waals surface area contributed by atoms with Gasteiger partial charge in [-0.3, -0.25) is 14.5 Å². The van der Waals surface area contributed by atoms with Crippen LogP contribution in [-0.2, 0) is 20.7 Å². The number of benzene rings is 2. The van der Waals surface area contributed by atoms with E-state index < -0.39 is 5.25 Å². The van der Waals surface area contributed by atoms with Crippen molar-refractivity contribution < 1.29 is 19.1 Å². The van der Waals surface area contributed by atoms with E-state index in [1.54, 1.807) is 36.1 Å². The molecule has 0 saturated carbocycles. The Morgan fingerprint density at radius 1 is 1.06 bits per heavy atom. The molecule has 0 aliphatic carbocycles. The van der Waals surface area contributed by atoms with Crippen molar-refractivity contribution in [1.29, 1.82) is 0 Å². The quantitative estimate of drug-likeness (QED) is 0.599. The zero-order valence-corrected chi connectivity index (χ0v) is 19.3. The number of thioether (sulfide) groups is 1. The summed E-state index contributed by atoms with van der Waals surface area (Å²) in [4.78, 5) is 43.3. The molecule has 1 N–H and O–H groups in total. The van der Waals surface area contributed by atoms with Crippen LogP contribution in [0.3, 0.4) is 0 Å². The lowest BCUT2D eigenvalue weighted by atomic mass is 10.1. The van der Waals surface area contributed by atoms with Gasteiger partial charge in [0.05, 0.1) is 17.9 Å². The van der Waals surface area contributed by atoms with Crippen molar-refractivity contribution in [2.24, 2.45) is 4.99 Å². The van der Waals surface area contributed by atoms with E-state index in [9.17, 15) is 14.4 Å². The van der Waals surface area contributed by atoms with Crippen molar-refractivity contribution in [3.63, 3.8) is 0 Å². The molecule has 1 saturated heterocycles. The first-order chi connectivity index (χ1) is 15.4. The Balaban J connectivity index is 1.66. The van der Waals surface area contributed by atoms with Crippen LogP contribution in [0.2, 0.25) is 0 Å². The van der Waals surface area contributed by atoms with Gasteiger partial charge in [0.15, 0.2) is 5.17 Å². The minimum Gasteiger partial charge on any atom is -0.462 e. The number of carbonyl (C=O) groups is 3. The summed E-state index contributed by atoms with van der Waals surface area (Å²) in [5.74, 6) is -0.727. The lowest BCUT2D eigenvalue weighted by Gasteiger charge is -2.13. The second-order valence-corrected chi connectivity index (χ2v) is 8.32. The van der Waals surface area contributed by atoms with Gasteiger partial charge in [0.2, 0.25) is 11.8 Å². The van der Waals surface area contributed by atoms with Crippen LogP contribution in [0.25, 0.3) is 0 Å². The molecule has 0 radical (unpaired) electrons. The van der Waals surface area contributed by atoms with Crippen LogP contribution in [-0.4, -0.2) is 46.3 Å². The second kappa shape index (κ2) is 10.9. The Morgan fingerprint density at radius 3 is 2.34 bits per heavy atom. The summed E-state index contributed by atoms with van der Waals surface area (Å²) >= 11 is 1.28. The van der Waals surface area contributed by atoms with Crippen molar-refractivity contribution in [3.05, 3.63) is 59.7 Å². The maximum Gasteiger partial charge on any atom is 0.338 e. The molecule has 1 atom stereocenters. The highest BCUT2D eigenvalue weighted by molar-refractivity contribution is 8.15. The predicted octanol–water partition coefficient (Wildman–Crippen LogP) is 4.41. The van der Waals surface area contributed by atoms with Crippen LogP contribution in [0, 0.1) is 0 Å². The van der Waals surface area contributed by atoms with E-state index in [0.29, 0.717) is 35.3 Å². The third-order valence-corrected chi connectivity index (χ3v) is 6.13. The Bertz CT molecular complexity index is 1000. The predicted molar refractivity (Wildman–Crippen MR) is 127 cm³/mol. The fourth-order valence-electron chi connectivity index (χ4n) is 3.22. The van der Waals surface area contributed by atoms with E-state index in [2.05, 4.69) is 17.2 Å². The van der Waals surface area contributed by atoms with E-state index in [1.807, 2.05) is 31.2 Å². The molecule has 0 spiro atoms.